The van der Waals surface area contributed by atoms with Crippen LogP contribution in [0, 0.1) is 0 Å². The van der Waals surface area contributed by atoms with Crippen LogP contribution in [0.25, 0.3) is 17.0 Å². The van der Waals surface area contributed by atoms with Crippen LogP contribution in [0.2, 0.25) is 0 Å². The molecule has 4 aromatic rings. The van der Waals surface area contributed by atoms with E-state index in [2.05, 4.69) is 22.0 Å². The Bertz CT molecular complexity index is 1760. The molecule has 1 atom stereocenters. The monoisotopic (exact) mass is 593 g/mol. The van der Waals surface area contributed by atoms with Crippen LogP contribution in [-0.4, -0.2) is 28.8 Å². The highest BCUT2D eigenvalue weighted by Gasteiger charge is 2.36. The van der Waals surface area contributed by atoms with Gasteiger partial charge in [-0.25, -0.2) is 9.79 Å². The second-order valence-electron chi connectivity index (χ2n) is 9.01. The normalized spacial score (nSPS) is 15.5. The van der Waals surface area contributed by atoms with Crippen molar-refractivity contribution in [2.24, 2.45) is 12.0 Å². The lowest BCUT2D eigenvalue weighted by atomic mass is 9.93. The first-order chi connectivity index (χ1) is 18.4. The van der Waals surface area contributed by atoms with Gasteiger partial charge < -0.3 is 14.0 Å². The zero-order chi connectivity index (χ0) is 27.0. The van der Waals surface area contributed by atoms with E-state index in [0.717, 1.165) is 27.4 Å². The first kappa shape index (κ1) is 26.2. The van der Waals surface area contributed by atoms with Gasteiger partial charge in [0.05, 0.1) is 29.5 Å². The lowest BCUT2D eigenvalue weighted by molar-refractivity contribution is -0.139. The molecule has 2 aromatic carbocycles. The highest BCUT2D eigenvalue weighted by atomic mass is 79.9. The second kappa shape index (κ2) is 10.7. The van der Waals surface area contributed by atoms with Crippen molar-refractivity contribution in [1.29, 1.82) is 0 Å². The maximum absolute atomic E-state index is 14.1. The number of carbonyl (C=O) groups excluding carboxylic acids is 1. The molecule has 0 amide bonds. The molecule has 0 radical (unpaired) electrons. The zero-order valence-corrected chi connectivity index (χ0v) is 24.1. The van der Waals surface area contributed by atoms with Gasteiger partial charge in [0.2, 0.25) is 0 Å². The summed E-state index contributed by atoms with van der Waals surface area (Å²) in [4.78, 5) is 32.9. The predicted molar refractivity (Wildman–Crippen MR) is 153 cm³/mol. The first-order valence-electron chi connectivity index (χ1n) is 12.5. The largest absolute Gasteiger partial charge is 0.496 e. The van der Waals surface area contributed by atoms with Crippen LogP contribution >= 0.6 is 27.3 Å². The summed E-state index contributed by atoms with van der Waals surface area (Å²) in [5.41, 5.74) is 3.50. The van der Waals surface area contributed by atoms with Gasteiger partial charge in [0.25, 0.3) is 5.56 Å². The number of methoxy groups -OCH3 is 1. The van der Waals surface area contributed by atoms with Crippen molar-refractivity contribution in [3.63, 3.8) is 0 Å². The van der Waals surface area contributed by atoms with Gasteiger partial charge >= 0.3 is 5.97 Å². The Morgan fingerprint density at radius 2 is 2.00 bits per heavy atom. The molecule has 0 bridgehead atoms. The van der Waals surface area contributed by atoms with E-state index in [4.69, 9.17) is 14.5 Å². The van der Waals surface area contributed by atoms with E-state index < -0.39 is 12.0 Å². The number of aromatic nitrogens is 2. The number of carbonyl (C=O) groups is 1. The van der Waals surface area contributed by atoms with E-state index >= 15 is 0 Å². The standard InChI is InChI=1S/C29H28BrN3O4S/c1-5-9-21-25(28(35)37-6-2)26(20-15-18(30)12-13-23(20)36-4)33-27(34)24(38-29(33)31-21)14-17-16-32(3)22-11-8-7-10-19(17)22/h7-8,10-16,26H,5-6,9H2,1-4H3/b24-14+/t26-/m0/s1. The topological polar surface area (TPSA) is 74.8 Å². The van der Waals surface area contributed by atoms with Crippen molar-refractivity contribution in [3.05, 3.63) is 95.2 Å². The van der Waals surface area contributed by atoms with E-state index in [1.165, 1.54) is 11.3 Å². The molecule has 1 aliphatic rings. The summed E-state index contributed by atoms with van der Waals surface area (Å²) in [5, 5.41) is 1.06. The van der Waals surface area contributed by atoms with E-state index in [1.807, 2.05) is 67.2 Å². The number of thiazole rings is 1. The number of esters is 1. The molecule has 1 aliphatic heterocycles. The van der Waals surface area contributed by atoms with E-state index in [9.17, 15) is 9.59 Å². The maximum Gasteiger partial charge on any atom is 0.338 e. The molecule has 5 rings (SSSR count). The van der Waals surface area contributed by atoms with Crippen molar-refractivity contribution in [1.82, 2.24) is 9.13 Å². The van der Waals surface area contributed by atoms with Gasteiger partial charge in [-0.1, -0.05) is 58.8 Å². The van der Waals surface area contributed by atoms with Gasteiger partial charge in [-0.3, -0.25) is 9.36 Å². The quantitative estimate of drug-likeness (QED) is 0.287. The molecule has 7 nitrogen and oxygen atoms in total. The number of hydrogen-bond donors (Lipinski definition) is 0. The maximum atomic E-state index is 14.1. The second-order valence-corrected chi connectivity index (χ2v) is 10.9. The van der Waals surface area contributed by atoms with Crippen LogP contribution in [-0.2, 0) is 16.6 Å². The smallest absolute Gasteiger partial charge is 0.338 e. The first-order valence-corrected chi connectivity index (χ1v) is 14.1. The molecule has 3 heterocycles. The number of para-hydroxylation sites is 1. The predicted octanol–water partition coefficient (Wildman–Crippen LogP) is 4.84. The summed E-state index contributed by atoms with van der Waals surface area (Å²) in [6.07, 6.45) is 5.29. The molecule has 0 fully saturated rings. The van der Waals surface area contributed by atoms with Crippen molar-refractivity contribution >= 4 is 50.2 Å². The van der Waals surface area contributed by atoms with Crippen LogP contribution in [0.15, 0.2) is 74.2 Å². The third-order valence-electron chi connectivity index (χ3n) is 6.59. The summed E-state index contributed by atoms with van der Waals surface area (Å²) in [6.45, 7) is 4.03. The minimum atomic E-state index is -0.742. The summed E-state index contributed by atoms with van der Waals surface area (Å²) in [6, 6.07) is 12.9. The lowest BCUT2D eigenvalue weighted by Crippen LogP contribution is -2.40. The van der Waals surface area contributed by atoms with Gasteiger partial charge in [0.1, 0.15) is 11.8 Å². The van der Waals surface area contributed by atoms with Crippen molar-refractivity contribution < 1.29 is 14.3 Å². The zero-order valence-electron chi connectivity index (χ0n) is 21.7. The Kier molecular flexibility index (Phi) is 7.40. The number of hydrogen-bond acceptors (Lipinski definition) is 6. The van der Waals surface area contributed by atoms with Crippen LogP contribution in [0.4, 0.5) is 0 Å². The fraction of sp³-hybridized carbons (Fsp3) is 0.276. The molecular weight excluding hydrogens is 566 g/mol. The fourth-order valence-corrected chi connectivity index (χ4v) is 6.35. The highest BCUT2D eigenvalue weighted by molar-refractivity contribution is 9.10. The third-order valence-corrected chi connectivity index (χ3v) is 8.07. The molecule has 196 valence electrons. The highest BCUT2D eigenvalue weighted by Crippen LogP contribution is 2.38. The van der Waals surface area contributed by atoms with Gasteiger partial charge in [-0.2, -0.15) is 0 Å². The molecule has 0 spiro atoms. The van der Waals surface area contributed by atoms with Gasteiger partial charge in [0, 0.05) is 39.7 Å². The molecule has 0 saturated carbocycles. The summed E-state index contributed by atoms with van der Waals surface area (Å²) >= 11 is 4.88. The Balaban J connectivity index is 1.82. The number of ether oxygens (including phenoxy) is 2. The Hall–Kier alpha value is -3.43. The fourth-order valence-electron chi connectivity index (χ4n) is 4.96. The number of allylic oxidation sites excluding steroid dienone is 1. The molecule has 0 N–H and O–H groups in total. The summed E-state index contributed by atoms with van der Waals surface area (Å²) < 4.78 is 16.2. The van der Waals surface area contributed by atoms with Crippen LogP contribution in [0.3, 0.4) is 0 Å². The van der Waals surface area contributed by atoms with Crippen molar-refractivity contribution in [2.45, 2.75) is 32.7 Å². The molecule has 0 aliphatic carbocycles. The number of aryl methyl sites for hydroxylation is 1. The molecule has 0 unspecified atom stereocenters. The average Bonchev–Trinajstić information content (AvgIpc) is 3.39. The van der Waals surface area contributed by atoms with Crippen molar-refractivity contribution in [3.8, 4) is 5.75 Å². The summed E-state index contributed by atoms with van der Waals surface area (Å²) in [5.74, 6) is 0.0939. The third kappa shape index (κ3) is 4.54. The van der Waals surface area contributed by atoms with Crippen LogP contribution < -0.4 is 19.6 Å². The Labute approximate surface area is 232 Å². The van der Waals surface area contributed by atoms with E-state index in [1.54, 1.807) is 18.6 Å². The number of rotatable bonds is 7. The molecular formula is C29H28BrN3O4S. The van der Waals surface area contributed by atoms with E-state index in [0.29, 0.717) is 38.3 Å². The molecule has 9 heteroatoms. The minimum absolute atomic E-state index is 0.217. The van der Waals surface area contributed by atoms with Crippen LogP contribution in [0.5, 0.6) is 5.75 Å². The molecule has 38 heavy (non-hydrogen) atoms. The number of fused-ring (bicyclic) bond motifs is 2. The number of benzene rings is 2. The minimum Gasteiger partial charge on any atom is -0.496 e. The Morgan fingerprint density at radius 3 is 2.74 bits per heavy atom. The van der Waals surface area contributed by atoms with Gasteiger partial charge in [-0.15, -0.1) is 0 Å². The van der Waals surface area contributed by atoms with Gasteiger partial charge in [-0.05, 0) is 43.7 Å². The van der Waals surface area contributed by atoms with E-state index in [-0.39, 0.29) is 12.2 Å². The molecule has 2 aromatic heterocycles. The average molecular weight is 595 g/mol. The Morgan fingerprint density at radius 1 is 1.21 bits per heavy atom. The lowest BCUT2D eigenvalue weighted by Gasteiger charge is -2.27. The number of halogens is 1. The van der Waals surface area contributed by atoms with Crippen molar-refractivity contribution in [2.75, 3.05) is 13.7 Å². The number of nitrogens with zero attached hydrogens (tertiary/aromatic N) is 3. The summed E-state index contributed by atoms with van der Waals surface area (Å²) in [7, 11) is 3.57. The SMILES string of the molecule is CCCC1=C(C(=O)OCC)[C@H](c2cc(Br)ccc2OC)n2c(s/c(=C/c3cn(C)c4ccccc34)c2=O)=N1. The molecule has 0 saturated heterocycles. The van der Waals surface area contributed by atoms with Crippen LogP contribution in [0.1, 0.15) is 43.9 Å². The van der Waals surface area contributed by atoms with Gasteiger partial charge in [0.15, 0.2) is 4.80 Å².